The number of hydrogen-bond donors (Lipinski definition) is 0. The third-order valence-electron chi connectivity index (χ3n) is 4.67. The van der Waals surface area contributed by atoms with Gasteiger partial charge in [0.15, 0.2) is 0 Å². The molecule has 1 amide bonds. The average molecular weight is 331 g/mol. The van der Waals surface area contributed by atoms with Crippen LogP contribution in [0.4, 0.5) is 5.69 Å². The fourth-order valence-corrected chi connectivity index (χ4v) is 3.55. The molecule has 4 nitrogen and oxygen atoms in total. The molecule has 1 saturated heterocycles. The van der Waals surface area contributed by atoms with Crippen LogP contribution < -0.4 is 4.90 Å². The van der Waals surface area contributed by atoms with Gasteiger partial charge in [0.05, 0.1) is 12.0 Å². The van der Waals surface area contributed by atoms with Crippen LogP contribution in [-0.2, 0) is 14.3 Å². The second-order valence-electron chi connectivity index (χ2n) is 7.42. The maximum atomic E-state index is 12.8. The van der Waals surface area contributed by atoms with Gasteiger partial charge in [-0.3, -0.25) is 9.59 Å². The highest BCUT2D eigenvalue weighted by atomic mass is 16.5. The largest absolute Gasteiger partial charge is 0.465 e. The SMILES string of the molecule is CCCC1(C(=O)OCC(C)C)CC(=O)N(c2c(C)cccc2C)C1. The van der Waals surface area contributed by atoms with Gasteiger partial charge in [0.2, 0.25) is 5.91 Å². The van der Waals surface area contributed by atoms with E-state index in [1.54, 1.807) is 4.90 Å². The predicted molar refractivity (Wildman–Crippen MR) is 96.0 cm³/mol. The van der Waals surface area contributed by atoms with Crippen LogP contribution in [0.1, 0.15) is 51.2 Å². The minimum Gasteiger partial charge on any atom is -0.465 e. The van der Waals surface area contributed by atoms with Gasteiger partial charge >= 0.3 is 5.97 Å². The van der Waals surface area contributed by atoms with Crippen molar-refractivity contribution in [2.75, 3.05) is 18.1 Å². The van der Waals surface area contributed by atoms with Gasteiger partial charge in [-0.15, -0.1) is 0 Å². The quantitative estimate of drug-likeness (QED) is 0.740. The number of aryl methyl sites for hydroxylation is 2. The maximum Gasteiger partial charge on any atom is 0.314 e. The maximum absolute atomic E-state index is 12.8. The van der Waals surface area contributed by atoms with E-state index in [1.165, 1.54) is 0 Å². The van der Waals surface area contributed by atoms with E-state index in [0.717, 1.165) is 23.2 Å². The molecule has 1 atom stereocenters. The monoisotopic (exact) mass is 331 g/mol. The molecule has 4 heteroatoms. The number of ether oxygens (including phenoxy) is 1. The molecule has 1 unspecified atom stereocenters. The summed E-state index contributed by atoms with van der Waals surface area (Å²) in [7, 11) is 0. The molecule has 1 heterocycles. The first kappa shape index (κ1) is 18.5. The lowest BCUT2D eigenvalue weighted by Crippen LogP contribution is -2.37. The molecule has 0 saturated carbocycles. The fraction of sp³-hybridized carbons (Fsp3) is 0.600. The number of para-hydroxylation sites is 1. The zero-order valence-corrected chi connectivity index (χ0v) is 15.5. The van der Waals surface area contributed by atoms with Crippen LogP contribution >= 0.6 is 0 Å². The van der Waals surface area contributed by atoms with Gasteiger partial charge in [-0.05, 0) is 37.3 Å². The Morgan fingerprint density at radius 3 is 2.46 bits per heavy atom. The molecule has 0 bridgehead atoms. The molecule has 2 rings (SSSR count). The van der Waals surface area contributed by atoms with E-state index in [0.29, 0.717) is 25.5 Å². The Balaban J connectivity index is 2.30. The van der Waals surface area contributed by atoms with Crippen LogP contribution in [0.3, 0.4) is 0 Å². The summed E-state index contributed by atoms with van der Waals surface area (Å²) in [6.45, 7) is 10.9. The molecule has 1 aromatic rings. The van der Waals surface area contributed by atoms with E-state index in [2.05, 4.69) is 0 Å². The lowest BCUT2D eigenvalue weighted by atomic mass is 9.82. The number of amides is 1. The van der Waals surface area contributed by atoms with Gasteiger partial charge in [0.25, 0.3) is 0 Å². The van der Waals surface area contributed by atoms with Crippen LogP contribution in [0.15, 0.2) is 18.2 Å². The molecule has 0 N–H and O–H groups in total. The number of carbonyl (C=O) groups excluding carboxylic acids is 2. The molecule has 0 aliphatic carbocycles. The lowest BCUT2D eigenvalue weighted by molar-refractivity contribution is -0.157. The molecule has 1 aliphatic rings. The van der Waals surface area contributed by atoms with Crippen LogP contribution in [-0.4, -0.2) is 25.0 Å². The number of anilines is 1. The third kappa shape index (κ3) is 3.63. The number of rotatable bonds is 6. The number of esters is 1. The summed E-state index contributed by atoms with van der Waals surface area (Å²) in [6.07, 6.45) is 1.77. The molecular formula is C20H29NO3. The molecule has 132 valence electrons. The van der Waals surface area contributed by atoms with Crippen LogP contribution in [0.25, 0.3) is 0 Å². The second-order valence-corrected chi connectivity index (χ2v) is 7.42. The number of hydrogen-bond acceptors (Lipinski definition) is 3. The molecule has 0 radical (unpaired) electrons. The van der Waals surface area contributed by atoms with Crippen molar-refractivity contribution in [3.8, 4) is 0 Å². The summed E-state index contributed by atoms with van der Waals surface area (Å²) in [5, 5.41) is 0. The van der Waals surface area contributed by atoms with E-state index >= 15 is 0 Å². The van der Waals surface area contributed by atoms with E-state index in [4.69, 9.17) is 4.74 Å². The van der Waals surface area contributed by atoms with Crippen molar-refractivity contribution in [2.24, 2.45) is 11.3 Å². The molecule has 0 aromatic heterocycles. The highest BCUT2D eigenvalue weighted by Crippen LogP contribution is 2.41. The first-order chi connectivity index (χ1) is 11.3. The highest BCUT2D eigenvalue weighted by molar-refractivity contribution is 6.02. The van der Waals surface area contributed by atoms with Gasteiger partial charge in [-0.25, -0.2) is 0 Å². The van der Waals surface area contributed by atoms with Gasteiger partial charge in [0, 0.05) is 18.7 Å². The Hall–Kier alpha value is -1.84. The van der Waals surface area contributed by atoms with Crippen molar-refractivity contribution in [1.29, 1.82) is 0 Å². The Bertz CT molecular complexity index is 603. The van der Waals surface area contributed by atoms with Gasteiger partial charge in [0.1, 0.15) is 0 Å². The average Bonchev–Trinajstić information content (AvgIpc) is 2.83. The summed E-state index contributed by atoms with van der Waals surface area (Å²) in [4.78, 5) is 27.3. The standard InChI is InChI=1S/C20H29NO3/c1-6-10-20(19(23)24-12-14(2)3)11-17(22)21(13-20)18-15(4)8-7-9-16(18)5/h7-9,14H,6,10-13H2,1-5H3. The number of nitrogens with zero attached hydrogens (tertiary/aromatic N) is 1. The fourth-order valence-electron chi connectivity index (χ4n) is 3.55. The Morgan fingerprint density at radius 2 is 1.92 bits per heavy atom. The Morgan fingerprint density at radius 1 is 1.29 bits per heavy atom. The van der Waals surface area contributed by atoms with Gasteiger partial charge in [-0.2, -0.15) is 0 Å². The topological polar surface area (TPSA) is 46.6 Å². The van der Waals surface area contributed by atoms with Gasteiger partial charge < -0.3 is 9.64 Å². The van der Waals surface area contributed by atoms with Crippen molar-refractivity contribution in [3.05, 3.63) is 29.3 Å². The van der Waals surface area contributed by atoms with Crippen molar-refractivity contribution in [3.63, 3.8) is 0 Å². The van der Waals surface area contributed by atoms with Crippen molar-refractivity contribution < 1.29 is 14.3 Å². The normalized spacial score (nSPS) is 20.8. The molecule has 1 aliphatic heterocycles. The van der Waals surface area contributed by atoms with Gasteiger partial charge in [-0.1, -0.05) is 45.4 Å². The molecule has 0 spiro atoms. The predicted octanol–water partition coefficient (Wildman–Crippen LogP) is 4.03. The smallest absolute Gasteiger partial charge is 0.314 e. The Labute approximate surface area is 145 Å². The first-order valence-electron chi connectivity index (χ1n) is 8.84. The van der Waals surface area contributed by atoms with E-state index in [9.17, 15) is 9.59 Å². The molecule has 1 fully saturated rings. The van der Waals surface area contributed by atoms with Crippen molar-refractivity contribution >= 4 is 17.6 Å². The second kappa shape index (κ2) is 7.37. The number of benzene rings is 1. The molecule has 24 heavy (non-hydrogen) atoms. The zero-order chi connectivity index (χ0) is 17.9. The summed E-state index contributed by atoms with van der Waals surface area (Å²) in [6, 6.07) is 6.00. The van der Waals surface area contributed by atoms with E-state index in [1.807, 2.05) is 52.8 Å². The summed E-state index contributed by atoms with van der Waals surface area (Å²) in [5.74, 6) is 0.0851. The van der Waals surface area contributed by atoms with E-state index in [-0.39, 0.29) is 18.3 Å². The van der Waals surface area contributed by atoms with Crippen molar-refractivity contribution in [1.82, 2.24) is 0 Å². The van der Waals surface area contributed by atoms with Crippen LogP contribution in [0, 0.1) is 25.2 Å². The summed E-state index contributed by atoms with van der Waals surface area (Å²) >= 11 is 0. The lowest BCUT2D eigenvalue weighted by Gasteiger charge is -2.28. The third-order valence-corrected chi connectivity index (χ3v) is 4.67. The molecular weight excluding hydrogens is 302 g/mol. The zero-order valence-electron chi connectivity index (χ0n) is 15.5. The minimum atomic E-state index is -0.713. The van der Waals surface area contributed by atoms with Crippen LogP contribution in [0.2, 0.25) is 0 Å². The highest BCUT2D eigenvalue weighted by Gasteiger charge is 2.50. The summed E-state index contributed by atoms with van der Waals surface area (Å²) < 4.78 is 5.52. The van der Waals surface area contributed by atoms with E-state index < -0.39 is 5.41 Å². The number of carbonyl (C=O) groups is 2. The molecule has 1 aromatic carbocycles. The van der Waals surface area contributed by atoms with Crippen molar-refractivity contribution in [2.45, 2.75) is 53.9 Å². The van der Waals surface area contributed by atoms with Crippen LogP contribution in [0.5, 0.6) is 0 Å². The summed E-state index contributed by atoms with van der Waals surface area (Å²) in [5.41, 5.74) is 2.35. The minimum absolute atomic E-state index is 0.0161. The first-order valence-corrected chi connectivity index (χ1v) is 8.84. The Kier molecular flexibility index (Phi) is 5.68.